The SMILES string of the molecule is CC(C)[C@@H](C(N)=O)N(C)C(=O)[C@H]1CCN(C(=O)C#CCN(C)C)C1. The molecule has 1 aliphatic rings. The number of rotatable bonds is 5. The van der Waals surface area contributed by atoms with Crippen molar-refractivity contribution in [2.45, 2.75) is 26.3 Å². The zero-order valence-electron chi connectivity index (χ0n) is 15.2. The zero-order valence-corrected chi connectivity index (χ0v) is 15.2. The summed E-state index contributed by atoms with van der Waals surface area (Å²) in [6.45, 7) is 5.05. The topological polar surface area (TPSA) is 87.0 Å². The van der Waals surface area contributed by atoms with E-state index in [4.69, 9.17) is 5.73 Å². The normalized spacial score (nSPS) is 18.3. The van der Waals surface area contributed by atoms with E-state index >= 15 is 0 Å². The highest BCUT2D eigenvalue weighted by Crippen LogP contribution is 2.21. The Balaban J connectivity index is 2.67. The van der Waals surface area contributed by atoms with Gasteiger partial charge in [0, 0.05) is 20.1 Å². The maximum atomic E-state index is 12.6. The van der Waals surface area contributed by atoms with E-state index in [1.165, 1.54) is 4.90 Å². The Labute approximate surface area is 144 Å². The van der Waals surface area contributed by atoms with Crippen molar-refractivity contribution < 1.29 is 14.4 Å². The van der Waals surface area contributed by atoms with Crippen molar-refractivity contribution in [3.05, 3.63) is 0 Å². The minimum Gasteiger partial charge on any atom is -0.368 e. The van der Waals surface area contributed by atoms with Crippen molar-refractivity contribution in [2.24, 2.45) is 17.6 Å². The molecule has 3 amide bonds. The van der Waals surface area contributed by atoms with Crippen molar-refractivity contribution >= 4 is 17.7 Å². The summed E-state index contributed by atoms with van der Waals surface area (Å²) in [6.07, 6.45) is 0.577. The summed E-state index contributed by atoms with van der Waals surface area (Å²) in [5.74, 6) is 4.11. The van der Waals surface area contributed by atoms with Gasteiger partial charge in [-0.05, 0) is 32.4 Å². The van der Waals surface area contributed by atoms with E-state index in [2.05, 4.69) is 11.8 Å². The van der Waals surface area contributed by atoms with Crippen LogP contribution < -0.4 is 5.73 Å². The molecule has 134 valence electrons. The summed E-state index contributed by atoms with van der Waals surface area (Å²) in [6, 6.07) is -0.637. The average molecular weight is 336 g/mol. The van der Waals surface area contributed by atoms with Crippen molar-refractivity contribution in [3.63, 3.8) is 0 Å². The van der Waals surface area contributed by atoms with Crippen LogP contribution >= 0.6 is 0 Å². The third-order valence-electron chi connectivity index (χ3n) is 4.10. The molecule has 7 nitrogen and oxygen atoms in total. The van der Waals surface area contributed by atoms with E-state index in [1.807, 2.05) is 32.8 Å². The van der Waals surface area contributed by atoms with Crippen LogP contribution in [0.3, 0.4) is 0 Å². The Kier molecular flexibility index (Phi) is 7.23. The van der Waals surface area contributed by atoms with Crippen LogP contribution in [0.5, 0.6) is 0 Å². The standard InChI is InChI=1S/C17H28N4O3/c1-12(2)15(16(18)23)20(5)17(24)13-8-10-21(11-13)14(22)7-6-9-19(3)4/h12-13,15H,8-11H2,1-5H3,(H2,18,23)/t13-,15-/m0/s1. The lowest BCUT2D eigenvalue weighted by Gasteiger charge is -2.30. The smallest absolute Gasteiger partial charge is 0.298 e. The number of carbonyl (C=O) groups is 3. The molecule has 7 heteroatoms. The maximum absolute atomic E-state index is 12.6. The molecule has 1 aliphatic heterocycles. The molecule has 0 unspecified atom stereocenters. The molecule has 0 aromatic carbocycles. The summed E-state index contributed by atoms with van der Waals surface area (Å²) in [5, 5.41) is 0. The Morgan fingerprint density at radius 1 is 1.25 bits per heavy atom. The molecular weight excluding hydrogens is 308 g/mol. The highest BCUT2D eigenvalue weighted by atomic mass is 16.2. The van der Waals surface area contributed by atoms with Crippen LogP contribution in [0.1, 0.15) is 20.3 Å². The maximum Gasteiger partial charge on any atom is 0.298 e. The molecule has 24 heavy (non-hydrogen) atoms. The van der Waals surface area contributed by atoms with Crippen molar-refractivity contribution in [1.82, 2.24) is 14.7 Å². The highest BCUT2D eigenvalue weighted by molar-refractivity contribution is 5.94. The molecule has 1 saturated heterocycles. The van der Waals surface area contributed by atoms with E-state index in [0.29, 0.717) is 26.1 Å². The van der Waals surface area contributed by atoms with Crippen molar-refractivity contribution in [3.8, 4) is 11.8 Å². The van der Waals surface area contributed by atoms with Gasteiger partial charge in [0.25, 0.3) is 5.91 Å². The minimum atomic E-state index is -0.637. The number of hydrogen-bond acceptors (Lipinski definition) is 4. The monoisotopic (exact) mass is 336 g/mol. The van der Waals surface area contributed by atoms with Crippen LogP contribution in [0.25, 0.3) is 0 Å². The molecule has 0 bridgehead atoms. The molecular formula is C17H28N4O3. The van der Waals surface area contributed by atoms with Crippen molar-refractivity contribution in [1.29, 1.82) is 0 Å². The van der Waals surface area contributed by atoms with Gasteiger partial charge in [0.2, 0.25) is 11.8 Å². The molecule has 0 saturated carbocycles. The number of hydrogen-bond donors (Lipinski definition) is 1. The fraction of sp³-hybridized carbons (Fsp3) is 0.706. The highest BCUT2D eigenvalue weighted by Gasteiger charge is 2.36. The first-order valence-corrected chi connectivity index (χ1v) is 8.13. The van der Waals surface area contributed by atoms with Gasteiger partial charge in [0.15, 0.2) is 0 Å². The molecule has 2 atom stereocenters. The van der Waals surface area contributed by atoms with E-state index in [0.717, 1.165) is 0 Å². The fourth-order valence-electron chi connectivity index (χ4n) is 2.89. The molecule has 0 aromatic rings. The number of nitrogens with two attached hydrogens (primary N) is 1. The van der Waals surface area contributed by atoms with Gasteiger partial charge in [0.1, 0.15) is 6.04 Å². The molecule has 1 rings (SSSR count). The molecule has 2 N–H and O–H groups in total. The van der Waals surface area contributed by atoms with Crippen molar-refractivity contribution in [2.75, 3.05) is 40.8 Å². The van der Waals surface area contributed by atoms with E-state index in [-0.39, 0.29) is 23.7 Å². The van der Waals surface area contributed by atoms with Crippen LogP contribution in [0.15, 0.2) is 0 Å². The average Bonchev–Trinajstić information content (AvgIpc) is 2.94. The number of amides is 3. The molecule has 1 heterocycles. The van der Waals surface area contributed by atoms with Gasteiger partial charge in [-0.15, -0.1) is 0 Å². The van der Waals surface area contributed by atoms with Gasteiger partial charge in [-0.2, -0.15) is 0 Å². The molecule has 0 spiro atoms. The lowest BCUT2D eigenvalue weighted by atomic mass is 9.99. The first-order chi connectivity index (χ1) is 11.1. The largest absolute Gasteiger partial charge is 0.368 e. The molecule has 0 aliphatic carbocycles. The van der Waals surface area contributed by atoms with Crippen LogP contribution in [0.4, 0.5) is 0 Å². The number of likely N-dealkylation sites (tertiary alicyclic amines) is 1. The summed E-state index contributed by atoms with van der Waals surface area (Å²) >= 11 is 0. The number of nitrogens with zero attached hydrogens (tertiary/aromatic N) is 3. The van der Waals surface area contributed by atoms with Gasteiger partial charge in [-0.3, -0.25) is 19.3 Å². The quantitative estimate of drug-likeness (QED) is 0.677. The molecule has 0 aromatic heterocycles. The summed E-state index contributed by atoms with van der Waals surface area (Å²) in [7, 11) is 5.35. The summed E-state index contributed by atoms with van der Waals surface area (Å²) in [5.41, 5.74) is 5.41. The molecule has 1 fully saturated rings. The zero-order chi connectivity index (χ0) is 18.4. The Morgan fingerprint density at radius 3 is 2.38 bits per heavy atom. The van der Waals surface area contributed by atoms with Gasteiger partial charge >= 0.3 is 0 Å². The third-order valence-corrected chi connectivity index (χ3v) is 4.10. The lowest BCUT2D eigenvalue weighted by molar-refractivity contribution is -0.142. The van der Waals surface area contributed by atoms with Crippen LogP contribution in [-0.4, -0.2) is 79.2 Å². The number of likely N-dealkylation sites (N-methyl/N-ethyl adjacent to an activating group) is 1. The van der Waals surface area contributed by atoms with E-state index in [9.17, 15) is 14.4 Å². The van der Waals surface area contributed by atoms with Crippen LogP contribution in [-0.2, 0) is 14.4 Å². The first kappa shape index (κ1) is 20.0. The Bertz CT molecular complexity index is 548. The summed E-state index contributed by atoms with van der Waals surface area (Å²) in [4.78, 5) is 41.1. The van der Waals surface area contributed by atoms with Gasteiger partial charge in [-0.1, -0.05) is 19.8 Å². The van der Waals surface area contributed by atoms with E-state index in [1.54, 1.807) is 11.9 Å². The second kappa shape index (κ2) is 8.69. The number of carbonyl (C=O) groups excluding carboxylic acids is 3. The Morgan fingerprint density at radius 2 is 1.88 bits per heavy atom. The van der Waals surface area contributed by atoms with Crippen LogP contribution in [0.2, 0.25) is 0 Å². The predicted molar refractivity (Wildman–Crippen MR) is 91.6 cm³/mol. The molecule has 0 radical (unpaired) electrons. The third kappa shape index (κ3) is 5.24. The summed E-state index contributed by atoms with van der Waals surface area (Å²) < 4.78 is 0. The van der Waals surface area contributed by atoms with Crippen LogP contribution in [0, 0.1) is 23.7 Å². The lowest BCUT2D eigenvalue weighted by Crippen LogP contribution is -2.50. The van der Waals surface area contributed by atoms with E-state index < -0.39 is 11.9 Å². The predicted octanol–water partition coefficient (Wildman–Crippen LogP) is -0.632. The first-order valence-electron chi connectivity index (χ1n) is 8.13. The fourth-order valence-corrected chi connectivity index (χ4v) is 2.89. The van der Waals surface area contributed by atoms with Gasteiger partial charge in [-0.25, -0.2) is 0 Å². The second-order valence-corrected chi connectivity index (χ2v) is 6.82. The Hall–Kier alpha value is -2.07. The minimum absolute atomic E-state index is 0.0625. The number of primary amides is 1. The van der Waals surface area contributed by atoms with Gasteiger partial charge < -0.3 is 15.5 Å². The van der Waals surface area contributed by atoms with Gasteiger partial charge in [0.05, 0.1) is 12.5 Å². The second-order valence-electron chi connectivity index (χ2n) is 6.82.